The number of hydrogen-bond donors (Lipinski definition) is 1. The van der Waals surface area contributed by atoms with Gasteiger partial charge in [-0.3, -0.25) is 9.69 Å². The third kappa shape index (κ3) is 5.44. The summed E-state index contributed by atoms with van der Waals surface area (Å²) in [6, 6.07) is 12.6. The minimum Gasteiger partial charge on any atom is -0.379 e. The van der Waals surface area contributed by atoms with E-state index >= 15 is 0 Å². The standard InChI is InChI=1S/C19H24N2O2S/c22-19(8-7-18-2-1-13-24-18)20-14-16-3-5-17(6-4-16)15-21-9-11-23-12-10-21/h1-6,13H,7-12,14-15H2,(H,20,22). The van der Waals surface area contributed by atoms with Crippen molar-refractivity contribution in [3.8, 4) is 0 Å². The highest BCUT2D eigenvalue weighted by molar-refractivity contribution is 7.09. The van der Waals surface area contributed by atoms with Crippen LogP contribution in [0.25, 0.3) is 0 Å². The van der Waals surface area contributed by atoms with Crippen molar-refractivity contribution in [2.45, 2.75) is 25.9 Å². The maximum Gasteiger partial charge on any atom is 0.220 e. The molecule has 4 nitrogen and oxygen atoms in total. The smallest absolute Gasteiger partial charge is 0.220 e. The highest BCUT2D eigenvalue weighted by Crippen LogP contribution is 2.11. The Balaban J connectivity index is 1.39. The summed E-state index contributed by atoms with van der Waals surface area (Å²) < 4.78 is 5.37. The Morgan fingerprint density at radius 3 is 2.58 bits per heavy atom. The van der Waals surface area contributed by atoms with Crippen molar-refractivity contribution in [1.82, 2.24) is 10.2 Å². The van der Waals surface area contributed by atoms with Gasteiger partial charge in [-0.15, -0.1) is 11.3 Å². The highest BCUT2D eigenvalue weighted by Gasteiger charge is 2.10. The molecular formula is C19H24N2O2S. The van der Waals surface area contributed by atoms with Gasteiger partial charge in [0.05, 0.1) is 13.2 Å². The summed E-state index contributed by atoms with van der Waals surface area (Å²) in [5.41, 5.74) is 2.45. The molecule has 0 atom stereocenters. The second-order valence-electron chi connectivity index (χ2n) is 6.06. The Kier molecular flexibility index (Phi) is 6.41. The number of thiophene rings is 1. The molecule has 1 aromatic carbocycles. The second kappa shape index (κ2) is 8.97. The van der Waals surface area contributed by atoms with E-state index in [4.69, 9.17) is 4.74 Å². The number of ether oxygens (including phenoxy) is 1. The number of aryl methyl sites for hydroxylation is 1. The topological polar surface area (TPSA) is 41.6 Å². The molecule has 0 unspecified atom stereocenters. The quantitative estimate of drug-likeness (QED) is 0.840. The molecule has 1 amide bonds. The molecule has 1 aliphatic heterocycles. The third-order valence-electron chi connectivity index (χ3n) is 4.20. The number of benzene rings is 1. The van der Waals surface area contributed by atoms with E-state index in [0.717, 1.165) is 44.8 Å². The summed E-state index contributed by atoms with van der Waals surface area (Å²) in [4.78, 5) is 15.6. The van der Waals surface area contributed by atoms with Gasteiger partial charge in [0.25, 0.3) is 0 Å². The lowest BCUT2D eigenvalue weighted by Crippen LogP contribution is -2.35. The summed E-state index contributed by atoms with van der Waals surface area (Å²) in [5.74, 6) is 0.112. The number of nitrogens with one attached hydrogen (secondary N) is 1. The number of carbonyl (C=O) groups is 1. The lowest BCUT2D eigenvalue weighted by atomic mass is 10.1. The van der Waals surface area contributed by atoms with Gasteiger partial charge < -0.3 is 10.1 Å². The molecule has 0 radical (unpaired) electrons. The zero-order valence-corrected chi connectivity index (χ0v) is 14.7. The van der Waals surface area contributed by atoms with Crippen molar-refractivity contribution in [1.29, 1.82) is 0 Å². The van der Waals surface area contributed by atoms with Crippen LogP contribution in [-0.4, -0.2) is 37.1 Å². The van der Waals surface area contributed by atoms with Gasteiger partial charge in [-0.2, -0.15) is 0 Å². The van der Waals surface area contributed by atoms with Crippen molar-refractivity contribution in [3.63, 3.8) is 0 Å². The molecule has 1 aromatic heterocycles. The second-order valence-corrected chi connectivity index (χ2v) is 7.09. The highest BCUT2D eigenvalue weighted by atomic mass is 32.1. The first-order valence-corrected chi connectivity index (χ1v) is 9.34. The van der Waals surface area contributed by atoms with Gasteiger partial charge in [0.1, 0.15) is 0 Å². The molecule has 0 spiro atoms. The van der Waals surface area contributed by atoms with Crippen molar-refractivity contribution in [2.24, 2.45) is 0 Å². The van der Waals surface area contributed by atoms with E-state index in [9.17, 15) is 4.79 Å². The first kappa shape index (κ1) is 17.1. The molecule has 0 bridgehead atoms. The van der Waals surface area contributed by atoms with Crippen molar-refractivity contribution in [2.75, 3.05) is 26.3 Å². The minimum atomic E-state index is 0.112. The van der Waals surface area contributed by atoms with Crippen LogP contribution in [0, 0.1) is 0 Å². The Labute approximate surface area is 147 Å². The molecule has 1 aliphatic rings. The van der Waals surface area contributed by atoms with E-state index < -0.39 is 0 Å². The molecule has 0 aliphatic carbocycles. The maximum atomic E-state index is 11.9. The fourth-order valence-corrected chi connectivity index (χ4v) is 3.47. The first-order chi connectivity index (χ1) is 11.8. The molecule has 0 saturated carbocycles. The third-order valence-corrected chi connectivity index (χ3v) is 5.14. The van der Waals surface area contributed by atoms with Gasteiger partial charge in [0.15, 0.2) is 0 Å². The van der Waals surface area contributed by atoms with E-state index in [0.29, 0.717) is 13.0 Å². The number of nitrogens with zero attached hydrogens (tertiary/aromatic N) is 1. The molecule has 2 aromatic rings. The SMILES string of the molecule is O=C(CCc1cccs1)NCc1ccc(CN2CCOCC2)cc1. The molecule has 128 valence electrons. The average Bonchev–Trinajstić information content (AvgIpc) is 3.14. The molecule has 3 rings (SSSR count). The summed E-state index contributed by atoms with van der Waals surface area (Å²) in [7, 11) is 0. The predicted octanol–water partition coefficient (Wildman–Crippen LogP) is 2.83. The monoisotopic (exact) mass is 344 g/mol. The summed E-state index contributed by atoms with van der Waals surface area (Å²) in [6.07, 6.45) is 1.37. The van der Waals surface area contributed by atoms with Crippen LogP contribution in [0.5, 0.6) is 0 Å². The average molecular weight is 344 g/mol. The van der Waals surface area contributed by atoms with E-state index in [1.54, 1.807) is 11.3 Å². The lowest BCUT2D eigenvalue weighted by molar-refractivity contribution is -0.121. The molecule has 1 N–H and O–H groups in total. The van der Waals surface area contributed by atoms with Gasteiger partial charge in [-0.25, -0.2) is 0 Å². The number of morpholine rings is 1. The molecule has 1 fully saturated rings. The van der Waals surface area contributed by atoms with Crippen LogP contribution in [0.3, 0.4) is 0 Å². The zero-order valence-electron chi connectivity index (χ0n) is 13.9. The molecule has 2 heterocycles. The van der Waals surface area contributed by atoms with E-state index in [2.05, 4.69) is 40.5 Å². The Bertz CT molecular complexity index is 619. The van der Waals surface area contributed by atoms with Crippen LogP contribution >= 0.6 is 11.3 Å². The van der Waals surface area contributed by atoms with Crippen LogP contribution in [0.2, 0.25) is 0 Å². The maximum absolute atomic E-state index is 11.9. The first-order valence-electron chi connectivity index (χ1n) is 8.46. The Morgan fingerprint density at radius 1 is 1.12 bits per heavy atom. The Hall–Kier alpha value is -1.69. The summed E-state index contributed by atoms with van der Waals surface area (Å²) in [6.45, 7) is 5.23. The fraction of sp³-hybridized carbons (Fsp3) is 0.421. The zero-order chi connectivity index (χ0) is 16.6. The van der Waals surface area contributed by atoms with E-state index in [-0.39, 0.29) is 5.91 Å². The number of hydrogen-bond acceptors (Lipinski definition) is 4. The van der Waals surface area contributed by atoms with Gasteiger partial charge in [-0.1, -0.05) is 30.3 Å². The minimum absolute atomic E-state index is 0.112. The lowest BCUT2D eigenvalue weighted by Gasteiger charge is -2.26. The molecule has 24 heavy (non-hydrogen) atoms. The summed E-state index contributed by atoms with van der Waals surface area (Å²) >= 11 is 1.70. The molecule has 1 saturated heterocycles. The van der Waals surface area contributed by atoms with Crippen LogP contribution < -0.4 is 5.32 Å². The number of amides is 1. The van der Waals surface area contributed by atoms with Crippen molar-refractivity contribution >= 4 is 17.2 Å². The van der Waals surface area contributed by atoms with Gasteiger partial charge in [0.2, 0.25) is 5.91 Å². The van der Waals surface area contributed by atoms with E-state index in [1.165, 1.54) is 10.4 Å². The van der Waals surface area contributed by atoms with Gasteiger partial charge >= 0.3 is 0 Å². The predicted molar refractivity (Wildman–Crippen MR) is 97.0 cm³/mol. The summed E-state index contributed by atoms with van der Waals surface area (Å²) in [5, 5.41) is 5.05. The van der Waals surface area contributed by atoms with Gasteiger partial charge in [-0.05, 0) is 29.0 Å². The largest absolute Gasteiger partial charge is 0.379 e. The van der Waals surface area contributed by atoms with Gasteiger partial charge in [0, 0.05) is 37.5 Å². The van der Waals surface area contributed by atoms with Crippen molar-refractivity contribution < 1.29 is 9.53 Å². The van der Waals surface area contributed by atoms with Crippen LogP contribution in [0.4, 0.5) is 0 Å². The van der Waals surface area contributed by atoms with Crippen LogP contribution in [0.15, 0.2) is 41.8 Å². The number of rotatable bonds is 7. The van der Waals surface area contributed by atoms with Crippen LogP contribution in [-0.2, 0) is 29.0 Å². The number of carbonyl (C=O) groups excluding carboxylic acids is 1. The van der Waals surface area contributed by atoms with Crippen molar-refractivity contribution in [3.05, 3.63) is 57.8 Å². The fourth-order valence-electron chi connectivity index (χ4n) is 2.76. The molecule has 5 heteroatoms. The Morgan fingerprint density at radius 2 is 1.88 bits per heavy atom. The normalized spacial score (nSPS) is 15.3. The molecular weight excluding hydrogens is 320 g/mol. The van der Waals surface area contributed by atoms with Crippen LogP contribution in [0.1, 0.15) is 22.4 Å². The van der Waals surface area contributed by atoms with E-state index in [1.807, 2.05) is 11.4 Å².